The number of nitrogens with zero attached hydrogens (tertiary/aromatic N) is 1. The SMILES string of the molecule is CC(=O)Oc1cccc(-c2cc(C3CCCCC3)[nH]c(=O)c2C#N)c1. The highest BCUT2D eigenvalue weighted by Crippen LogP contribution is 2.34. The lowest BCUT2D eigenvalue weighted by Gasteiger charge is -2.22. The van der Waals surface area contributed by atoms with Crippen LogP contribution in [0.15, 0.2) is 35.1 Å². The van der Waals surface area contributed by atoms with Crippen LogP contribution in [0.4, 0.5) is 0 Å². The molecule has 0 unspecified atom stereocenters. The Hall–Kier alpha value is -2.87. The standard InChI is InChI=1S/C20H20N2O3/c1-13(23)25-16-9-5-8-15(10-16)17-11-19(14-6-3-2-4-7-14)22-20(24)18(17)12-21/h5,8-11,14H,2-4,6-7H2,1H3,(H,22,24). The summed E-state index contributed by atoms with van der Waals surface area (Å²) in [7, 11) is 0. The van der Waals surface area contributed by atoms with E-state index in [1.54, 1.807) is 18.2 Å². The fraction of sp³-hybridized carbons (Fsp3) is 0.350. The molecule has 0 saturated heterocycles. The van der Waals surface area contributed by atoms with Crippen molar-refractivity contribution in [3.8, 4) is 22.9 Å². The van der Waals surface area contributed by atoms with E-state index in [0.717, 1.165) is 31.4 Å². The second-order valence-electron chi connectivity index (χ2n) is 6.41. The van der Waals surface area contributed by atoms with Gasteiger partial charge in [-0.2, -0.15) is 5.26 Å². The zero-order chi connectivity index (χ0) is 17.8. The number of nitrogens with one attached hydrogen (secondary N) is 1. The Morgan fingerprint density at radius 2 is 2.00 bits per heavy atom. The maximum Gasteiger partial charge on any atom is 0.308 e. The topological polar surface area (TPSA) is 83.0 Å². The Balaban J connectivity index is 2.08. The summed E-state index contributed by atoms with van der Waals surface area (Å²) in [4.78, 5) is 26.5. The van der Waals surface area contributed by atoms with Crippen LogP contribution in [0.2, 0.25) is 0 Å². The van der Waals surface area contributed by atoms with Crippen LogP contribution < -0.4 is 10.3 Å². The Kier molecular flexibility index (Phi) is 4.99. The molecular formula is C20H20N2O3. The van der Waals surface area contributed by atoms with E-state index in [2.05, 4.69) is 4.98 Å². The van der Waals surface area contributed by atoms with Gasteiger partial charge in [-0.1, -0.05) is 31.4 Å². The molecule has 1 fully saturated rings. The van der Waals surface area contributed by atoms with Crippen molar-refractivity contribution in [3.05, 3.63) is 51.9 Å². The number of benzene rings is 1. The Morgan fingerprint density at radius 3 is 2.68 bits per heavy atom. The summed E-state index contributed by atoms with van der Waals surface area (Å²) in [6, 6.07) is 10.8. The van der Waals surface area contributed by atoms with Crippen molar-refractivity contribution in [1.29, 1.82) is 5.26 Å². The van der Waals surface area contributed by atoms with Crippen molar-refractivity contribution in [2.24, 2.45) is 0 Å². The molecule has 1 N–H and O–H groups in total. The van der Waals surface area contributed by atoms with E-state index in [1.807, 2.05) is 18.2 Å². The van der Waals surface area contributed by atoms with Crippen LogP contribution in [0.5, 0.6) is 5.75 Å². The van der Waals surface area contributed by atoms with Crippen molar-refractivity contribution in [3.63, 3.8) is 0 Å². The van der Waals surface area contributed by atoms with E-state index in [1.165, 1.54) is 13.3 Å². The molecule has 0 bridgehead atoms. The minimum absolute atomic E-state index is 0.0829. The smallest absolute Gasteiger partial charge is 0.308 e. The van der Waals surface area contributed by atoms with Gasteiger partial charge in [-0.3, -0.25) is 9.59 Å². The first-order valence-corrected chi connectivity index (χ1v) is 8.54. The number of nitriles is 1. The van der Waals surface area contributed by atoms with Crippen LogP contribution >= 0.6 is 0 Å². The Morgan fingerprint density at radius 1 is 1.24 bits per heavy atom. The largest absolute Gasteiger partial charge is 0.427 e. The van der Waals surface area contributed by atoms with Gasteiger partial charge in [-0.25, -0.2) is 0 Å². The van der Waals surface area contributed by atoms with Crippen LogP contribution in [-0.4, -0.2) is 11.0 Å². The molecule has 5 nitrogen and oxygen atoms in total. The second kappa shape index (κ2) is 7.35. The van der Waals surface area contributed by atoms with Crippen molar-refractivity contribution in [2.75, 3.05) is 0 Å². The number of aromatic amines is 1. The molecule has 1 aliphatic carbocycles. The van der Waals surface area contributed by atoms with Gasteiger partial charge in [-0.05, 0) is 42.5 Å². The van der Waals surface area contributed by atoms with Gasteiger partial charge in [0, 0.05) is 18.2 Å². The fourth-order valence-corrected chi connectivity index (χ4v) is 3.44. The van der Waals surface area contributed by atoms with Gasteiger partial charge >= 0.3 is 5.97 Å². The third kappa shape index (κ3) is 3.80. The van der Waals surface area contributed by atoms with Gasteiger partial charge in [0.05, 0.1) is 0 Å². The number of H-pyrrole nitrogens is 1. The summed E-state index contributed by atoms with van der Waals surface area (Å²) < 4.78 is 5.12. The maximum absolute atomic E-state index is 12.4. The zero-order valence-electron chi connectivity index (χ0n) is 14.2. The molecule has 0 aliphatic heterocycles. The first-order chi connectivity index (χ1) is 12.1. The third-order valence-corrected chi connectivity index (χ3v) is 4.62. The molecule has 3 rings (SSSR count). The molecule has 1 aliphatic rings. The average Bonchev–Trinajstić information content (AvgIpc) is 2.61. The van der Waals surface area contributed by atoms with Crippen molar-refractivity contribution >= 4 is 5.97 Å². The predicted octanol–water partition coefficient (Wildman–Crippen LogP) is 3.89. The summed E-state index contributed by atoms with van der Waals surface area (Å²) in [6.45, 7) is 1.34. The summed E-state index contributed by atoms with van der Waals surface area (Å²) in [5.41, 5.74) is 1.88. The van der Waals surface area contributed by atoms with Gasteiger partial charge in [-0.15, -0.1) is 0 Å². The van der Waals surface area contributed by atoms with Crippen molar-refractivity contribution < 1.29 is 9.53 Å². The number of hydrogen-bond donors (Lipinski definition) is 1. The molecule has 0 radical (unpaired) electrons. The Labute approximate surface area is 146 Å². The number of hydrogen-bond acceptors (Lipinski definition) is 4. The van der Waals surface area contributed by atoms with Gasteiger partial charge in [0.15, 0.2) is 0 Å². The van der Waals surface area contributed by atoms with E-state index in [9.17, 15) is 14.9 Å². The molecule has 5 heteroatoms. The lowest BCUT2D eigenvalue weighted by atomic mass is 9.85. The highest BCUT2D eigenvalue weighted by Gasteiger charge is 2.20. The summed E-state index contributed by atoms with van der Waals surface area (Å²) in [6.07, 6.45) is 5.64. The van der Waals surface area contributed by atoms with E-state index in [4.69, 9.17) is 4.74 Å². The monoisotopic (exact) mass is 336 g/mol. The number of rotatable bonds is 3. The lowest BCUT2D eigenvalue weighted by molar-refractivity contribution is -0.131. The van der Waals surface area contributed by atoms with Crippen molar-refractivity contribution in [1.82, 2.24) is 4.98 Å². The number of aromatic nitrogens is 1. The van der Waals surface area contributed by atoms with Crippen LogP contribution in [-0.2, 0) is 4.79 Å². The number of esters is 1. The number of pyridine rings is 1. The predicted molar refractivity (Wildman–Crippen MR) is 94.3 cm³/mol. The normalized spacial score (nSPS) is 14.7. The van der Waals surface area contributed by atoms with E-state index in [0.29, 0.717) is 22.8 Å². The van der Waals surface area contributed by atoms with Gasteiger partial charge in [0.25, 0.3) is 5.56 Å². The van der Waals surface area contributed by atoms with Crippen LogP contribution in [0, 0.1) is 11.3 Å². The van der Waals surface area contributed by atoms with Gasteiger partial charge in [0.1, 0.15) is 17.4 Å². The number of ether oxygens (including phenoxy) is 1. The Bertz CT molecular complexity index is 887. The fourth-order valence-electron chi connectivity index (χ4n) is 3.44. The summed E-state index contributed by atoms with van der Waals surface area (Å²) in [5.74, 6) is 0.310. The molecule has 25 heavy (non-hydrogen) atoms. The van der Waals surface area contributed by atoms with E-state index in [-0.39, 0.29) is 11.1 Å². The summed E-state index contributed by atoms with van der Waals surface area (Å²) in [5, 5.41) is 9.42. The molecule has 1 heterocycles. The summed E-state index contributed by atoms with van der Waals surface area (Å²) >= 11 is 0. The maximum atomic E-state index is 12.4. The minimum Gasteiger partial charge on any atom is -0.427 e. The zero-order valence-corrected chi connectivity index (χ0v) is 14.2. The quantitative estimate of drug-likeness (QED) is 0.681. The molecule has 1 aromatic carbocycles. The molecule has 0 amide bonds. The minimum atomic E-state index is -0.411. The number of carbonyl (C=O) groups excluding carboxylic acids is 1. The number of carbonyl (C=O) groups is 1. The molecule has 1 aromatic heterocycles. The molecule has 2 aromatic rings. The highest BCUT2D eigenvalue weighted by molar-refractivity contribution is 5.74. The van der Waals surface area contributed by atoms with Crippen LogP contribution in [0.3, 0.4) is 0 Å². The molecule has 0 atom stereocenters. The van der Waals surface area contributed by atoms with Gasteiger partial charge in [0.2, 0.25) is 0 Å². The first-order valence-electron chi connectivity index (χ1n) is 8.54. The third-order valence-electron chi connectivity index (χ3n) is 4.62. The van der Waals surface area contributed by atoms with E-state index < -0.39 is 5.97 Å². The average molecular weight is 336 g/mol. The molecule has 128 valence electrons. The van der Waals surface area contributed by atoms with E-state index >= 15 is 0 Å². The lowest BCUT2D eigenvalue weighted by Crippen LogP contribution is -2.17. The molecule has 0 spiro atoms. The van der Waals surface area contributed by atoms with Crippen LogP contribution in [0.1, 0.15) is 56.2 Å². The first kappa shape index (κ1) is 17.0. The second-order valence-corrected chi connectivity index (χ2v) is 6.41. The van der Waals surface area contributed by atoms with Gasteiger partial charge < -0.3 is 9.72 Å². The van der Waals surface area contributed by atoms with Crippen LogP contribution in [0.25, 0.3) is 11.1 Å². The highest BCUT2D eigenvalue weighted by atomic mass is 16.5. The molecular weight excluding hydrogens is 316 g/mol. The molecule has 1 saturated carbocycles. The van der Waals surface area contributed by atoms with Crippen molar-refractivity contribution in [2.45, 2.75) is 44.9 Å².